The summed E-state index contributed by atoms with van der Waals surface area (Å²) in [5, 5.41) is 5.88. The predicted octanol–water partition coefficient (Wildman–Crippen LogP) is 1.63. The molecule has 0 saturated heterocycles. The van der Waals surface area contributed by atoms with Gasteiger partial charge in [-0.15, -0.1) is 0 Å². The van der Waals surface area contributed by atoms with Gasteiger partial charge >= 0.3 is 12.2 Å². The van der Waals surface area contributed by atoms with Crippen molar-refractivity contribution in [2.45, 2.75) is 37.5 Å². The maximum atomic E-state index is 11.2. The van der Waals surface area contributed by atoms with Crippen LogP contribution in [-0.4, -0.2) is 41.1 Å². The van der Waals surface area contributed by atoms with Crippen LogP contribution in [0.4, 0.5) is 9.59 Å². The van der Waals surface area contributed by atoms with E-state index in [4.69, 9.17) is 9.47 Å². The second-order valence-corrected chi connectivity index (χ2v) is 6.21. The number of carbonyl (C=O) groups excluding carboxylic acids is 2. The van der Waals surface area contributed by atoms with Crippen LogP contribution in [0.2, 0.25) is 0 Å². The van der Waals surface area contributed by atoms with Crippen molar-refractivity contribution in [2.24, 2.45) is 7.05 Å². The van der Waals surface area contributed by atoms with Gasteiger partial charge in [0.15, 0.2) is 5.16 Å². The number of aromatic nitrogens is 2. The van der Waals surface area contributed by atoms with E-state index in [1.165, 1.54) is 14.1 Å². The first kappa shape index (κ1) is 18.1. The van der Waals surface area contributed by atoms with E-state index in [0.29, 0.717) is 16.6 Å². The number of amides is 2. The number of carbonyl (C=O) groups is 2. The summed E-state index contributed by atoms with van der Waals surface area (Å²) in [6.07, 6.45) is -1.07. The van der Waals surface area contributed by atoms with Crippen molar-refractivity contribution in [1.82, 2.24) is 20.2 Å². The zero-order valence-electron chi connectivity index (χ0n) is 13.4. The van der Waals surface area contributed by atoms with Crippen molar-refractivity contribution in [3.05, 3.63) is 11.4 Å². The average molecular weight is 330 g/mol. The minimum absolute atomic E-state index is 0.0125. The standard InChI is InChI=1S/C13H22N4O4S/c1-8(2)22-11-16-9(6-20-12(18)14-3)10(17(11)5)7-21-13(19)15-4/h8H,6-7H2,1-5H3,(H,14,18)(H,15,19). The third kappa shape index (κ3) is 5.14. The second-order valence-electron chi connectivity index (χ2n) is 4.67. The van der Waals surface area contributed by atoms with Gasteiger partial charge in [-0.25, -0.2) is 14.6 Å². The number of hydrogen-bond acceptors (Lipinski definition) is 6. The first-order valence-electron chi connectivity index (χ1n) is 6.79. The first-order valence-corrected chi connectivity index (χ1v) is 7.67. The van der Waals surface area contributed by atoms with E-state index in [0.717, 1.165) is 5.16 Å². The Kier molecular flexibility index (Phi) is 7.03. The molecule has 8 nitrogen and oxygen atoms in total. The van der Waals surface area contributed by atoms with E-state index in [2.05, 4.69) is 29.5 Å². The van der Waals surface area contributed by atoms with E-state index >= 15 is 0 Å². The van der Waals surface area contributed by atoms with Crippen molar-refractivity contribution < 1.29 is 19.1 Å². The smallest absolute Gasteiger partial charge is 0.407 e. The average Bonchev–Trinajstić information content (AvgIpc) is 2.77. The summed E-state index contributed by atoms with van der Waals surface area (Å²) in [5.74, 6) is 0. The Morgan fingerprint density at radius 3 is 2.23 bits per heavy atom. The van der Waals surface area contributed by atoms with E-state index in [9.17, 15) is 9.59 Å². The molecule has 1 aromatic heterocycles. The highest BCUT2D eigenvalue weighted by atomic mass is 32.2. The molecule has 0 aliphatic carbocycles. The molecule has 2 N–H and O–H groups in total. The largest absolute Gasteiger partial charge is 0.443 e. The number of hydrogen-bond donors (Lipinski definition) is 2. The lowest BCUT2D eigenvalue weighted by Crippen LogP contribution is -2.21. The van der Waals surface area contributed by atoms with Crippen molar-refractivity contribution in [2.75, 3.05) is 14.1 Å². The molecule has 0 aromatic carbocycles. The van der Waals surface area contributed by atoms with E-state index in [1.807, 2.05) is 11.6 Å². The summed E-state index contributed by atoms with van der Waals surface area (Å²) >= 11 is 1.58. The summed E-state index contributed by atoms with van der Waals surface area (Å²) in [5.41, 5.74) is 1.26. The molecule has 0 fully saturated rings. The predicted molar refractivity (Wildman–Crippen MR) is 82.7 cm³/mol. The fraction of sp³-hybridized carbons (Fsp3) is 0.615. The minimum atomic E-state index is -0.540. The summed E-state index contributed by atoms with van der Waals surface area (Å²) in [6.45, 7) is 4.17. The van der Waals surface area contributed by atoms with Crippen molar-refractivity contribution in [3.63, 3.8) is 0 Å². The molecule has 0 saturated carbocycles. The fourth-order valence-electron chi connectivity index (χ4n) is 1.59. The van der Waals surface area contributed by atoms with Crippen molar-refractivity contribution in [3.8, 4) is 0 Å². The van der Waals surface area contributed by atoms with Gasteiger partial charge in [0.05, 0.1) is 5.69 Å². The number of imidazole rings is 1. The molecule has 0 unspecified atom stereocenters. The summed E-state index contributed by atoms with van der Waals surface area (Å²) in [7, 11) is 4.81. The van der Waals surface area contributed by atoms with Gasteiger partial charge in [-0.2, -0.15) is 0 Å². The Bertz CT molecular complexity index is 530. The topological polar surface area (TPSA) is 94.5 Å². The van der Waals surface area contributed by atoms with Gasteiger partial charge in [-0.3, -0.25) is 0 Å². The molecule has 0 radical (unpaired) electrons. The summed E-state index contributed by atoms with van der Waals surface area (Å²) in [6, 6.07) is 0. The monoisotopic (exact) mass is 330 g/mol. The molecule has 0 aliphatic heterocycles. The maximum Gasteiger partial charge on any atom is 0.407 e. The van der Waals surface area contributed by atoms with Crippen LogP contribution in [0.25, 0.3) is 0 Å². The number of ether oxygens (including phenoxy) is 2. The zero-order chi connectivity index (χ0) is 16.7. The maximum absolute atomic E-state index is 11.2. The molecule has 2 amide bonds. The molecule has 9 heteroatoms. The number of thioether (sulfide) groups is 1. The molecule has 0 atom stereocenters. The van der Waals surface area contributed by atoms with E-state index in [1.54, 1.807) is 11.8 Å². The first-order chi connectivity index (χ1) is 10.4. The SMILES string of the molecule is CNC(=O)OCc1nc(SC(C)C)n(C)c1COC(=O)NC. The number of nitrogens with one attached hydrogen (secondary N) is 2. The Morgan fingerprint density at radius 2 is 1.73 bits per heavy atom. The van der Waals surface area contributed by atoms with Gasteiger partial charge in [0.25, 0.3) is 0 Å². The summed E-state index contributed by atoms with van der Waals surface area (Å²) in [4.78, 5) is 26.9. The van der Waals surface area contributed by atoms with Crippen molar-refractivity contribution >= 4 is 23.9 Å². The van der Waals surface area contributed by atoms with Crippen LogP contribution in [0, 0.1) is 0 Å². The van der Waals surface area contributed by atoms with Crippen LogP contribution in [-0.2, 0) is 29.7 Å². The summed E-state index contributed by atoms with van der Waals surface area (Å²) < 4.78 is 12.0. The van der Waals surface area contributed by atoms with Crippen LogP contribution in [0.3, 0.4) is 0 Å². The van der Waals surface area contributed by atoms with Crippen LogP contribution in [0.5, 0.6) is 0 Å². The Hall–Kier alpha value is -1.90. The number of nitrogens with zero attached hydrogens (tertiary/aromatic N) is 2. The molecule has 1 heterocycles. The fourth-order valence-corrected chi connectivity index (χ4v) is 2.44. The van der Waals surface area contributed by atoms with Gasteiger partial charge < -0.3 is 24.7 Å². The third-order valence-electron chi connectivity index (χ3n) is 2.68. The van der Waals surface area contributed by atoms with Gasteiger partial charge in [0, 0.05) is 26.4 Å². The highest BCUT2D eigenvalue weighted by Crippen LogP contribution is 2.25. The van der Waals surface area contributed by atoms with Gasteiger partial charge in [0.1, 0.15) is 18.9 Å². The Labute approximate surface area is 133 Å². The molecule has 22 heavy (non-hydrogen) atoms. The highest BCUT2D eigenvalue weighted by molar-refractivity contribution is 7.99. The second kappa shape index (κ2) is 8.52. The lowest BCUT2D eigenvalue weighted by atomic mass is 10.3. The quantitative estimate of drug-likeness (QED) is 0.770. The molecular formula is C13H22N4O4S. The molecular weight excluding hydrogens is 308 g/mol. The van der Waals surface area contributed by atoms with Gasteiger partial charge in [-0.05, 0) is 0 Å². The van der Waals surface area contributed by atoms with Crippen LogP contribution in [0.1, 0.15) is 25.2 Å². The minimum Gasteiger partial charge on any atom is -0.443 e. The highest BCUT2D eigenvalue weighted by Gasteiger charge is 2.18. The van der Waals surface area contributed by atoms with Crippen LogP contribution in [0.15, 0.2) is 5.16 Å². The van der Waals surface area contributed by atoms with Crippen molar-refractivity contribution in [1.29, 1.82) is 0 Å². The molecule has 1 aromatic rings. The number of alkyl carbamates (subject to hydrolysis) is 2. The van der Waals surface area contributed by atoms with Crippen LogP contribution < -0.4 is 10.6 Å². The molecule has 0 aliphatic rings. The Balaban J connectivity index is 2.94. The normalized spacial score (nSPS) is 10.5. The van der Waals surface area contributed by atoms with E-state index < -0.39 is 12.2 Å². The lowest BCUT2D eigenvalue weighted by molar-refractivity contribution is 0.131. The Morgan fingerprint density at radius 1 is 1.18 bits per heavy atom. The van der Waals surface area contributed by atoms with E-state index in [-0.39, 0.29) is 13.2 Å². The molecule has 124 valence electrons. The lowest BCUT2D eigenvalue weighted by Gasteiger charge is -2.09. The molecule has 0 bridgehead atoms. The third-order valence-corrected chi connectivity index (χ3v) is 3.73. The molecule has 1 rings (SSSR count). The van der Waals surface area contributed by atoms with Crippen LogP contribution >= 0.6 is 11.8 Å². The van der Waals surface area contributed by atoms with Gasteiger partial charge in [0.2, 0.25) is 0 Å². The number of rotatable bonds is 6. The van der Waals surface area contributed by atoms with Gasteiger partial charge in [-0.1, -0.05) is 25.6 Å². The zero-order valence-corrected chi connectivity index (χ0v) is 14.2. The molecule has 0 spiro atoms.